The summed E-state index contributed by atoms with van der Waals surface area (Å²) in [5.74, 6) is 1.64. The van der Waals surface area contributed by atoms with Gasteiger partial charge in [-0.3, -0.25) is 0 Å². The standard InChI is InChI=1S/C46H30N2OS/c1-2-11-31(12-3-1)32-21-23-34(24-22-32)47(40-18-10-14-33-13-4-5-15-37(33)40)35-26-28-42-44(29-35)49-43-19-8-7-17-41(43)48(42)36-25-27-39-38-16-6-9-20-45(38)50-46(39)30-36/h1-30H. The van der Waals surface area contributed by atoms with Crippen molar-refractivity contribution in [1.29, 1.82) is 0 Å². The number of fused-ring (bicyclic) bond motifs is 6. The van der Waals surface area contributed by atoms with Crippen molar-refractivity contribution >= 4 is 76.4 Å². The molecule has 9 aromatic rings. The van der Waals surface area contributed by atoms with Gasteiger partial charge in [0.15, 0.2) is 11.5 Å². The largest absolute Gasteiger partial charge is 0.453 e. The molecule has 2 heterocycles. The average molecular weight is 659 g/mol. The Kier molecular flexibility index (Phi) is 6.68. The van der Waals surface area contributed by atoms with Crippen LogP contribution in [0.3, 0.4) is 0 Å². The summed E-state index contributed by atoms with van der Waals surface area (Å²) in [5, 5.41) is 4.97. The van der Waals surface area contributed by atoms with E-state index in [2.05, 4.69) is 186 Å². The maximum absolute atomic E-state index is 6.73. The number of hydrogen-bond acceptors (Lipinski definition) is 4. The summed E-state index contributed by atoms with van der Waals surface area (Å²) in [6.45, 7) is 0. The average Bonchev–Trinajstić information content (AvgIpc) is 3.56. The number of rotatable bonds is 5. The van der Waals surface area contributed by atoms with Crippen LogP contribution in [-0.4, -0.2) is 0 Å². The Morgan fingerprint density at radius 3 is 2.02 bits per heavy atom. The molecule has 8 aromatic carbocycles. The van der Waals surface area contributed by atoms with Gasteiger partial charge in [-0.15, -0.1) is 11.3 Å². The third-order valence-corrected chi connectivity index (χ3v) is 10.8. The minimum atomic E-state index is 0.809. The maximum Gasteiger partial charge on any atom is 0.153 e. The van der Waals surface area contributed by atoms with Crippen molar-refractivity contribution in [3.8, 4) is 22.6 Å². The first kappa shape index (κ1) is 28.6. The van der Waals surface area contributed by atoms with E-state index >= 15 is 0 Å². The highest BCUT2D eigenvalue weighted by Gasteiger charge is 2.28. The van der Waals surface area contributed by atoms with Crippen LogP contribution in [0.1, 0.15) is 0 Å². The van der Waals surface area contributed by atoms with Crippen LogP contribution < -0.4 is 14.5 Å². The Hall–Kier alpha value is -6.36. The van der Waals surface area contributed by atoms with Crippen LogP contribution in [0.15, 0.2) is 182 Å². The van der Waals surface area contributed by atoms with Gasteiger partial charge in [0, 0.05) is 43.0 Å². The number of para-hydroxylation sites is 2. The summed E-state index contributed by atoms with van der Waals surface area (Å²) in [4.78, 5) is 4.67. The van der Waals surface area contributed by atoms with Crippen LogP contribution >= 0.6 is 11.3 Å². The van der Waals surface area contributed by atoms with Crippen LogP contribution in [-0.2, 0) is 0 Å². The third-order valence-electron chi connectivity index (χ3n) is 9.63. The normalized spacial score (nSPS) is 12.1. The van der Waals surface area contributed by atoms with Gasteiger partial charge in [0.25, 0.3) is 0 Å². The molecular weight excluding hydrogens is 629 g/mol. The number of ether oxygens (including phenoxy) is 1. The molecule has 0 saturated carbocycles. The lowest BCUT2D eigenvalue weighted by Crippen LogP contribution is -2.17. The highest BCUT2D eigenvalue weighted by molar-refractivity contribution is 7.25. The molecule has 0 saturated heterocycles. The molecule has 4 heteroatoms. The molecule has 50 heavy (non-hydrogen) atoms. The molecule has 10 rings (SSSR count). The van der Waals surface area contributed by atoms with Crippen molar-refractivity contribution in [2.75, 3.05) is 9.80 Å². The molecule has 0 amide bonds. The van der Waals surface area contributed by atoms with E-state index in [-0.39, 0.29) is 0 Å². The summed E-state index contributed by atoms with van der Waals surface area (Å²) in [6.07, 6.45) is 0. The highest BCUT2D eigenvalue weighted by atomic mass is 32.1. The molecule has 1 aliphatic rings. The van der Waals surface area contributed by atoms with E-state index in [1.807, 2.05) is 17.4 Å². The lowest BCUT2D eigenvalue weighted by molar-refractivity contribution is 0.477. The van der Waals surface area contributed by atoms with E-state index < -0.39 is 0 Å². The fourth-order valence-electron chi connectivity index (χ4n) is 7.28. The molecule has 0 radical (unpaired) electrons. The SMILES string of the molecule is c1ccc(-c2ccc(N(c3ccc4c(c3)Oc3ccccc3N4c3ccc4c(c3)sc3ccccc34)c3cccc4ccccc34)cc2)cc1. The van der Waals surface area contributed by atoms with Gasteiger partial charge in [-0.25, -0.2) is 0 Å². The van der Waals surface area contributed by atoms with Gasteiger partial charge in [-0.1, -0.05) is 115 Å². The molecular formula is C46H30N2OS. The molecule has 0 atom stereocenters. The van der Waals surface area contributed by atoms with E-state index in [1.165, 1.54) is 42.1 Å². The minimum Gasteiger partial charge on any atom is -0.453 e. The molecule has 236 valence electrons. The van der Waals surface area contributed by atoms with Gasteiger partial charge in [-0.05, 0) is 77.2 Å². The molecule has 0 bridgehead atoms. The lowest BCUT2D eigenvalue weighted by Gasteiger charge is -2.34. The topological polar surface area (TPSA) is 15.7 Å². The first-order valence-electron chi connectivity index (χ1n) is 16.8. The predicted octanol–water partition coefficient (Wildman–Crippen LogP) is 13.9. The molecule has 3 nitrogen and oxygen atoms in total. The number of thiophene rings is 1. The summed E-state index contributed by atoms with van der Waals surface area (Å²) >= 11 is 1.84. The first-order valence-corrected chi connectivity index (χ1v) is 17.7. The molecule has 0 N–H and O–H groups in total. The Labute approximate surface area is 294 Å². The van der Waals surface area contributed by atoms with Crippen molar-refractivity contribution in [3.63, 3.8) is 0 Å². The fraction of sp³-hybridized carbons (Fsp3) is 0. The van der Waals surface area contributed by atoms with Gasteiger partial charge in [0.1, 0.15) is 0 Å². The zero-order valence-corrected chi connectivity index (χ0v) is 27.8. The molecule has 0 spiro atoms. The zero-order valence-electron chi connectivity index (χ0n) is 27.0. The monoisotopic (exact) mass is 658 g/mol. The van der Waals surface area contributed by atoms with E-state index in [0.29, 0.717) is 0 Å². The van der Waals surface area contributed by atoms with Gasteiger partial charge in [0.2, 0.25) is 0 Å². The Morgan fingerprint density at radius 1 is 0.440 bits per heavy atom. The van der Waals surface area contributed by atoms with E-state index in [0.717, 1.165) is 45.6 Å². The zero-order chi connectivity index (χ0) is 33.0. The first-order chi connectivity index (χ1) is 24.8. The highest BCUT2D eigenvalue weighted by Crippen LogP contribution is 2.53. The molecule has 0 aliphatic carbocycles. The quantitative estimate of drug-likeness (QED) is 0.183. The Bertz CT molecular complexity index is 2690. The van der Waals surface area contributed by atoms with Crippen molar-refractivity contribution in [2.24, 2.45) is 0 Å². The number of hydrogen-bond donors (Lipinski definition) is 0. The second kappa shape index (κ2) is 11.7. The molecule has 0 unspecified atom stereocenters. The van der Waals surface area contributed by atoms with E-state index in [4.69, 9.17) is 4.74 Å². The lowest BCUT2D eigenvalue weighted by atomic mass is 10.0. The molecule has 1 aromatic heterocycles. The van der Waals surface area contributed by atoms with Gasteiger partial charge < -0.3 is 14.5 Å². The van der Waals surface area contributed by atoms with E-state index in [1.54, 1.807) is 0 Å². The third kappa shape index (κ3) is 4.73. The summed E-state index contributed by atoms with van der Waals surface area (Å²) < 4.78 is 9.30. The number of nitrogens with zero attached hydrogens (tertiary/aromatic N) is 2. The summed E-state index contributed by atoms with van der Waals surface area (Å²) in [6, 6.07) is 64.9. The van der Waals surface area contributed by atoms with Gasteiger partial charge >= 0.3 is 0 Å². The van der Waals surface area contributed by atoms with Gasteiger partial charge in [0.05, 0.1) is 22.7 Å². The Balaban J connectivity index is 1.13. The number of anilines is 6. The number of benzene rings is 8. The van der Waals surface area contributed by atoms with Gasteiger partial charge in [-0.2, -0.15) is 0 Å². The van der Waals surface area contributed by atoms with E-state index in [9.17, 15) is 0 Å². The minimum absolute atomic E-state index is 0.809. The van der Waals surface area contributed by atoms with Crippen molar-refractivity contribution in [2.45, 2.75) is 0 Å². The second-order valence-corrected chi connectivity index (χ2v) is 13.7. The summed E-state index contributed by atoms with van der Waals surface area (Å²) in [7, 11) is 0. The summed E-state index contributed by atoms with van der Waals surface area (Å²) in [5.41, 5.74) is 8.72. The fourth-order valence-corrected chi connectivity index (χ4v) is 8.42. The van der Waals surface area contributed by atoms with Crippen molar-refractivity contribution in [1.82, 2.24) is 0 Å². The van der Waals surface area contributed by atoms with Crippen LogP contribution in [0.5, 0.6) is 11.5 Å². The van der Waals surface area contributed by atoms with Crippen LogP contribution in [0, 0.1) is 0 Å². The van der Waals surface area contributed by atoms with Crippen molar-refractivity contribution < 1.29 is 4.74 Å². The van der Waals surface area contributed by atoms with Crippen LogP contribution in [0.25, 0.3) is 42.1 Å². The van der Waals surface area contributed by atoms with Crippen molar-refractivity contribution in [3.05, 3.63) is 182 Å². The maximum atomic E-state index is 6.73. The second-order valence-electron chi connectivity index (χ2n) is 12.6. The van der Waals surface area contributed by atoms with Crippen LogP contribution in [0.2, 0.25) is 0 Å². The molecule has 1 aliphatic heterocycles. The predicted molar refractivity (Wildman–Crippen MR) is 212 cm³/mol. The smallest absolute Gasteiger partial charge is 0.153 e. The molecule has 0 fully saturated rings. The Morgan fingerprint density at radius 2 is 1.12 bits per heavy atom. The van der Waals surface area contributed by atoms with Crippen LogP contribution in [0.4, 0.5) is 34.1 Å².